The maximum Gasteiger partial charge on any atom is 0.0973 e. The van der Waals surface area contributed by atoms with Crippen LogP contribution in [-0.2, 0) is 6.42 Å². The van der Waals surface area contributed by atoms with Gasteiger partial charge in [0.1, 0.15) is 0 Å². The first-order valence-corrected chi connectivity index (χ1v) is 18.7. The first-order valence-electron chi connectivity index (χ1n) is 18.7. The number of nitrogens with zero attached hydrogens (tertiary/aromatic N) is 2. The molecule has 1 heterocycles. The van der Waals surface area contributed by atoms with E-state index in [0.717, 1.165) is 35.5 Å². The van der Waals surface area contributed by atoms with E-state index in [1.165, 1.54) is 66.4 Å². The molecule has 2 nitrogen and oxygen atoms in total. The highest BCUT2D eigenvalue weighted by atomic mass is 15.1. The molecule has 8 aromatic rings. The second kappa shape index (κ2) is 13.5. The maximum atomic E-state index is 3.68. The predicted octanol–water partition coefficient (Wildman–Crippen LogP) is 13.5. The molecule has 0 atom stereocenters. The first-order chi connectivity index (χ1) is 26.8. The zero-order chi connectivity index (χ0) is 35.8. The molecule has 2 aliphatic carbocycles. The van der Waals surface area contributed by atoms with Gasteiger partial charge in [0.15, 0.2) is 0 Å². The molecule has 1 aromatic heterocycles. The molecule has 2 aliphatic rings. The van der Waals surface area contributed by atoms with Crippen molar-refractivity contribution >= 4 is 44.7 Å². The topological polar surface area (TPSA) is 8.17 Å². The summed E-state index contributed by atoms with van der Waals surface area (Å²) in [4.78, 5) is 2.27. The van der Waals surface area contributed by atoms with E-state index >= 15 is 0 Å². The second-order valence-corrected chi connectivity index (χ2v) is 13.9. The van der Waals surface area contributed by atoms with Crippen LogP contribution in [0.1, 0.15) is 23.2 Å². The summed E-state index contributed by atoms with van der Waals surface area (Å²) >= 11 is 0. The Bertz CT molecular complexity index is 2770. The Morgan fingerprint density at radius 1 is 0.481 bits per heavy atom. The molecular formula is C52H36N2. The first kappa shape index (κ1) is 31.6. The highest BCUT2D eigenvalue weighted by Gasteiger charge is 2.23. The van der Waals surface area contributed by atoms with Crippen LogP contribution in [0.2, 0.25) is 0 Å². The summed E-state index contributed by atoms with van der Waals surface area (Å²) < 4.78 is 2.49. The van der Waals surface area contributed by atoms with E-state index in [9.17, 15) is 0 Å². The Morgan fingerprint density at radius 2 is 1.07 bits per heavy atom. The summed E-state index contributed by atoms with van der Waals surface area (Å²) in [7, 11) is 0. The quantitative estimate of drug-likeness (QED) is 0.151. The van der Waals surface area contributed by atoms with Gasteiger partial charge in [-0.25, -0.2) is 0 Å². The average molecular weight is 689 g/mol. The monoisotopic (exact) mass is 688 g/mol. The summed E-state index contributed by atoms with van der Waals surface area (Å²) in [6.45, 7) is 0. The van der Waals surface area contributed by atoms with Crippen LogP contribution in [0.3, 0.4) is 0 Å². The number of anilines is 2. The number of fused-ring (bicyclic) bond motifs is 4. The van der Waals surface area contributed by atoms with E-state index < -0.39 is 0 Å². The predicted molar refractivity (Wildman–Crippen MR) is 227 cm³/mol. The van der Waals surface area contributed by atoms with Crippen molar-refractivity contribution in [3.8, 4) is 27.9 Å². The van der Waals surface area contributed by atoms with Crippen LogP contribution in [0.15, 0.2) is 205 Å². The number of aromatic nitrogens is 1. The number of para-hydroxylation sites is 1. The lowest BCUT2D eigenvalue weighted by atomic mass is 9.94. The standard InChI is InChI=1S/C52H36N2/c1-3-13-37(14-4-1)39-23-30-43(31-24-39)53(44-32-25-40(26-33-44)38-15-5-2-6-16-38)45-34-27-42(28-35-45)52-46-18-8-7-17-41(46)29-36-51(52)54-49-21-11-9-19-47(49)48-20-10-12-22-50(48)54/h1-11,13-21,23-27,29-34,36H,12,22H2. The zero-order valence-corrected chi connectivity index (χ0v) is 29.8. The molecule has 0 spiro atoms. The number of allylic oxidation sites excluding steroid dienone is 4. The fourth-order valence-corrected chi connectivity index (χ4v) is 8.12. The van der Waals surface area contributed by atoms with Crippen LogP contribution in [-0.4, -0.2) is 4.57 Å². The van der Waals surface area contributed by atoms with E-state index in [1.807, 2.05) is 0 Å². The summed E-state index contributed by atoms with van der Waals surface area (Å²) in [6.07, 6.45) is 11.1. The SMILES string of the molecule is C1=C=C(N(c2ccc(-c3ccccc3)cc2)c2ccc(-c3ccccc3)cc2)C=CC=1c1c(-n2c3c(c4ccccc42)C=CCC3)ccc2ccccc12. The van der Waals surface area contributed by atoms with E-state index in [2.05, 4.69) is 215 Å². The Labute approximate surface area is 315 Å². The molecule has 0 saturated heterocycles. The Balaban J connectivity index is 1.15. The molecular weight excluding hydrogens is 653 g/mol. The highest BCUT2D eigenvalue weighted by Crippen LogP contribution is 2.40. The van der Waals surface area contributed by atoms with E-state index in [-0.39, 0.29) is 0 Å². The summed E-state index contributed by atoms with van der Waals surface area (Å²) in [5.74, 6) is 0. The van der Waals surface area contributed by atoms with Gasteiger partial charge in [-0.15, -0.1) is 0 Å². The molecule has 0 N–H and O–H groups in total. The third-order valence-electron chi connectivity index (χ3n) is 10.7. The molecule has 0 aliphatic heterocycles. The van der Waals surface area contributed by atoms with Crippen molar-refractivity contribution in [1.82, 2.24) is 4.57 Å². The molecule has 254 valence electrons. The van der Waals surface area contributed by atoms with Gasteiger partial charge in [0.2, 0.25) is 0 Å². The van der Waals surface area contributed by atoms with Gasteiger partial charge in [0, 0.05) is 39.2 Å². The van der Waals surface area contributed by atoms with Gasteiger partial charge < -0.3 is 9.47 Å². The molecule has 2 heteroatoms. The summed E-state index contributed by atoms with van der Waals surface area (Å²) in [5, 5.41) is 3.70. The summed E-state index contributed by atoms with van der Waals surface area (Å²) in [6, 6.07) is 60.7. The van der Waals surface area contributed by atoms with Crippen molar-refractivity contribution in [2.75, 3.05) is 4.90 Å². The minimum atomic E-state index is 0.925. The van der Waals surface area contributed by atoms with Crippen LogP contribution in [0.5, 0.6) is 0 Å². The van der Waals surface area contributed by atoms with Crippen LogP contribution in [0.4, 0.5) is 11.4 Å². The van der Waals surface area contributed by atoms with Crippen LogP contribution in [0.25, 0.3) is 61.3 Å². The van der Waals surface area contributed by atoms with E-state index in [1.54, 1.807) is 0 Å². The largest absolute Gasteiger partial charge is 0.312 e. The van der Waals surface area contributed by atoms with Gasteiger partial charge in [0.25, 0.3) is 0 Å². The van der Waals surface area contributed by atoms with Crippen LogP contribution >= 0.6 is 0 Å². The molecule has 54 heavy (non-hydrogen) atoms. The molecule has 0 unspecified atom stereocenters. The lowest BCUT2D eigenvalue weighted by Gasteiger charge is -2.26. The van der Waals surface area contributed by atoms with Gasteiger partial charge in [-0.2, -0.15) is 0 Å². The second-order valence-electron chi connectivity index (χ2n) is 13.9. The fraction of sp³-hybridized carbons (Fsp3) is 0.0385. The van der Waals surface area contributed by atoms with Gasteiger partial charge in [-0.1, -0.05) is 151 Å². The van der Waals surface area contributed by atoms with Crippen molar-refractivity contribution in [3.63, 3.8) is 0 Å². The van der Waals surface area contributed by atoms with Gasteiger partial charge in [0.05, 0.1) is 16.9 Å². The normalized spacial score (nSPS) is 13.2. The highest BCUT2D eigenvalue weighted by molar-refractivity contribution is 6.02. The smallest absolute Gasteiger partial charge is 0.0973 e. The molecule has 0 fully saturated rings. The Kier molecular flexibility index (Phi) is 7.90. The Morgan fingerprint density at radius 3 is 1.72 bits per heavy atom. The molecule has 7 aromatic carbocycles. The number of benzene rings is 7. The number of hydrogen-bond donors (Lipinski definition) is 0. The van der Waals surface area contributed by atoms with Crippen molar-refractivity contribution in [2.24, 2.45) is 0 Å². The molecule has 0 amide bonds. The third kappa shape index (κ3) is 5.55. The number of rotatable bonds is 7. The fourth-order valence-electron chi connectivity index (χ4n) is 8.12. The van der Waals surface area contributed by atoms with Crippen molar-refractivity contribution in [2.45, 2.75) is 12.8 Å². The Hall–Kier alpha value is -7.08. The minimum Gasteiger partial charge on any atom is -0.312 e. The van der Waals surface area contributed by atoms with E-state index in [0.29, 0.717) is 0 Å². The lowest BCUT2D eigenvalue weighted by molar-refractivity contribution is 0.888. The van der Waals surface area contributed by atoms with Crippen molar-refractivity contribution in [1.29, 1.82) is 0 Å². The average Bonchev–Trinajstić information content (AvgIpc) is 3.59. The van der Waals surface area contributed by atoms with Crippen LogP contribution < -0.4 is 4.90 Å². The van der Waals surface area contributed by atoms with Crippen molar-refractivity contribution in [3.05, 3.63) is 222 Å². The third-order valence-corrected chi connectivity index (χ3v) is 10.7. The number of hydrogen-bond acceptors (Lipinski definition) is 1. The summed E-state index contributed by atoms with van der Waals surface area (Å²) in [5.41, 5.74) is 22.4. The minimum absolute atomic E-state index is 0.925. The van der Waals surface area contributed by atoms with Gasteiger partial charge in [-0.3, -0.25) is 0 Å². The van der Waals surface area contributed by atoms with E-state index in [4.69, 9.17) is 0 Å². The van der Waals surface area contributed by atoms with Gasteiger partial charge >= 0.3 is 0 Å². The van der Waals surface area contributed by atoms with Gasteiger partial charge in [-0.05, 0) is 100 Å². The molecule has 0 saturated carbocycles. The molecule has 0 radical (unpaired) electrons. The molecule has 0 bridgehead atoms. The lowest BCUT2D eigenvalue weighted by Crippen LogP contribution is -2.15. The van der Waals surface area contributed by atoms with Crippen molar-refractivity contribution < 1.29 is 0 Å². The maximum absolute atomic E-state index is 3.68. The molecule has 10 rings (SSSR count). The van der Waals surface area contributed by atoms with Crippen LogP contribution in [0, 0.1) is 0 Å². The zero-order valence-electron chi connectivity index (χ0n) is 29.8.